The van der Waals surface area contributed by atoms with Gasteiger partial charge in [-0.2, -0.15) is 5.10 Å². The van der Waals surface area contributed by atoms with E-state index in [1.807, 2.05) is 31.0 Å². The van der Waals surface area contributed by atoms with Crippen molar-refractivity contribution in [3.05, 3.63) is 41.7 Å². The molecule has 0 bridgehead atoms. The lowest BCUT2D eigenvalue weighted by Gasteiger charge is -2.32. The minimum absolute atomic E-state index is 0.0972. The van der Waals surface area contributed by atoms with Crippen molar-refractivity contribution in [2.24, 2.45) is 12.0 Å². The van der Waals surface area contributed by atoms with Crippen molar-refractivity contribution in [1.29, 1.82) is 0 Å². The van der Waals surface area contributed by atoms with E-state index in [2.05, 4.69) is 38.9 Å². The summed E-state index contributed by atoms with van der Waals surface area (Å²) < 4.78 is 13.4. The van der Waals surface area contributed by atoms with E-state index in [-0.39, 0.29) is 5.41 Å². The summed E-state index contributed by atoms with van der Waals surface area (Å²) in [4.78, 5) is 4.39. The molecule has 1 aromatic heterocycles. The quantitative estimate of drug-likeness (QED) is 0.613. The molecule has 1 aromatic carbocycles. The van der Waals surface area contributed by atoms with Crippen LogP contribution in [0.2, 0.25) is 0 Å². The van der Waals surface area contributed by atoms with Crippen LogP contribution in [0.3, 0.4) is 0 Å². The molecule has 150 valence electrons. The van der Waals surface area contributed by atoms with Crippen molar-refractivity contribution >= 4 is 5.96 Å². The molecule has 2 aromatic rings. The second-order valence-corrected chi connectivity index (χ2v) is 7.57. The molecular formula is C21H29N5O2. The fourth-order valence-electron chi connectivity index (χ4n) is 4.22. The van der Waals surface area contributed by atoms with Crippen LogP contribution in [0.15, 0.2) is 35.5 Å². The molecule has 2 N–H and O–H groups in total. The summed E-state index contributed by atoms with van der Waals surface area (Å²) in [6.07, 6.45) is 6.63. The molecule has 1 aliphatic carbocycles. The van der Waals surface area contributed by atoms with E-state index >= 15 is 0 Å². The Hall–Kier alpha value is -2.70. The first-order valence-electron chi connectivity index (χ1n) is 10.0. The molecule has 0 atom stereocenters. The number of hydrogen-bond acceptors (Lipinski definition) is 4. The van der Waals surface area contributed by atoms with E-state index in [0.29, 0.717) is 19.8 Å². The predicted octanol–water partition coefficient (Wildman–Crippen LogP) is 2.37. The summed E-state index contributed by atoms with van der Waals surface area (Å²) in [7, 11) is 3.76. The molecule has 7 heteroatoms. The van der Waals surface area contributed by atoms with Crippen molar-refractivity contribution in [1.82, 2.24) is 20.4 Å². The van der Waals surface area contributed by atoms with Gasteiger partial charge >= 0.3 is 0 Å². The van der Waals surface area contributed by atoms with Gasteiger partial charge in [-0.05, 0) is 36.6 Å². The zero-order valence-corrected chi connectivity index (χ0v) is 16.7. The lowest BCUT2D eigenvalue weighted by molar-refractivity contribution is 0.171. The number of ether oxygens (including phenoxy) is 2. The second-order valence-electron chi connectivity index (χ2n) is 7.57. The summed E-state index contributed by atoms with van der Waals surface area (Å²) >= 11 is 0. The van der Waals surface area contributed by atoms with Gasteiger partial charge in [-0.15, -0.1) is 0 Å². The molecule has 2 heterocycles. The van der Waals surface area contributed by atoms with Gasteiger partial charge in [-0.1, -0.05) is 18.9 Å². The number of benzene rings is 1. The largest absolute Gasteiger partial charge is 0.486 e. The number of rotatable bonds is 5. The van der Waals surface area contributed by atoms with Crippen LogP contribution in [0.4, 0.5) is 0 Å². The van der Waals surface area contributed by atoms with Crippen molar-refractivity contribution in [2.45, 2.75) is 37.6 Å². The Morgan fingerprint density at radius 3 is 2.64 bits per heavy atom. The fraction of sp³-hybridized carbons (Fsp3) is 0.524. The average Bonchev–Trinajstić information content (AvgIpc) is 3.37. The SMILES string of the molecule is CN=C(NCc1ccnn1C)NCC1(c2ccc3c(c2)OCCO3)CCCC1. The number of aromatic nitrogens is 2. The summed E-state index contributed by atoms with van der Waals surface area (Å²) in [6, 6.07) is 8.44. The Bertz CT molecular complexity index is 839. The first kappa shape index (κ1) is 18.7. The summed E-state index contributed by atoms with van der Waals surface area (Å²) in [6.45, 7) is 2.77. The maximum Gasteiger partial charge on any atom is 0.191 e. The van der Waals surface area contributed by atoms with Crippen LogP contribution < -0.4 is 20.1 Å². The molecule has 0 spiro atoms. The van der Waals surface area contributed by atoms with Gasteiger partial charge in [0.1, 0.15) is 13.2 Å². The van der Waals surface area contributed by atoms with Crippen molar-refractivity contribution in [3.8, 4) is 11.5 Å². The molecule has 0 unspecified atom stereocenters. The Balaban J connectivity index is 1.45. The fourth-order valence-corrected chi connectivity index (χ4v) is 4.22. The van der Waals surface area contributed by atoms with Gasteiger partial charge in [0.05, 0.1) is 12.2 Å². The van der Waals surface area contributed by atoms with E-state index in [9.17, 15) is 0 Å². The van der Waals surface area contributed by atoms with Gasteiger partial charge in [0.15, 0.2) is 17.5 Å². The highest BCUT2D eigenvalue weighted by Gasteiger charge is 2.36. The summed E-state index contributed by atoms with van der Waals surface area (Å²) in [5.74, 6) is 2.53. The molecule has 4 rings (SSSR count). The van der Waals surface area contributed by atoms with Gasteiger partial charge < -0.3 is 20.1 Å². The van der Waals surface area contributed by atoms with E-state index in [1.54, 1.807) is 0 Å². The highest BCUT2D eigenvalue weighted by Crippen LogP contribution is 2.43. The third-order valence-corrected chi connectivity index (χ3v) is 5.89. The molecule has 7 nitrogen and oxygen atoms in total. The first-order chi connectivity index (χ1) is 13.7. The van der Waals surface area contributed by atoms with Crippen LogP contribution in [0, 0.1) is 0 Å². The maximum absolute atomic E-state index is 5.82. The third kappa shape index (κ3) is 3.79. The van der Waals surface area contributed by atoms with Gasteiger partial charge in [0.2, 0.25) is 0 Å². The molecule has 2 aliphatic rings. The molecule has 1 aliphatic heterocycles. The van der Waals surface area contributed by atoms with E-state index in [0.717, 1.165) is 29.7 Å². The molecule has 1 fully saturated rings. The van der Waals surface area contributed by atoms with Gasteiger partial charge in [0.25, 0.3) is 0 Å². The first-order valence-corrected chi connectivity index (χ1v) is 10.0. The smallest absolute Gasteiger partial charge is 0.191 e. The van der Waals surface area contributed by atoms with Crippen LogP contribution in [0.1, 0.15) is 36.9 Å². The van der Waals surface area contributed by atoms with Crippen LogP contribution in [0.25, 0.3) is 0 Å². The zero-order chi connectivity index (χ0) is 19.4. The Morgan fingerprint density at radius 1 is 1.14 bits per heavy atom. The molecule has 0 saturated heterocycles. The van der Waals surface area contributed by atoms with E-state index in [1.165, 1.54) is 31.2 Å². The monoisotopic (exact) mass is 383 g/mol. The highest BCUT2D eigenvalue weighted by atomic mass is 16.6. The molecule has 0 amide bonds. The minimum atomic E-state index is 0.0972. The zero-order valence-electron chi connectivity index (χ0n) is 16.7. The predicted molar refractivity (Wildman–Crippen MR) is 109 cm³/mol. The average molecular weight is 383 g/mol. The Morgan fingerprint density at radius 2 is 1.93 bits per heavy atom. The normalized spacial score (nSPS) is 18.1. The Labute approximate surface area is 166 Å². The number of guanidine groups is 1. The standard InChI is InChI=1S/C21H29N5O2/c1-22-20(23-14-17-7-10-25-26(17)2)24-15-21(8-3-4-9-21)16-5-6-18-19(13-16)28-12-11-27-18/h5-7,10,13H,3-4,8-9,11-12,14-15H2,1-2H3,(H2,22,23,24). The summed E-state index contributed by atoms with van der Waals surface area (Å²) in [5.41, 5.74) is 2.54. The third-order valence-electron chi connectivity index (χ3n) is 5.89. The number of aliphatic imine (C=N–C) groups is 1. The second kappa shape index (κ2) is 8.12. The van der Waals surface area contributed by atoms with Crippen molar-refractivity contribution in [3.63, 3.8) is 0 Å². The molecular weight excluding hydrogens is 354 g/mol. The van der Waals surface area contributed by atoms with Gasteiger partial charge in [-0.3, -0.25) is 9.67 Å². The highest BCUT2D eigenvalue weighted by molar-refractivity contribution is 5.79. The van der Waals surface area contributed by atoms with Crippen LogP contribution in [0.5, 0.6) is 11.5 Å². The molecule has 0 radical (unpaired) electrons. The van der Waals surface area contributed by atoms with Crippen molar-refractivity contribution in [2.75, 3.05) is 26.8 Å². The van der Waals surface area contributed by atoms with Crippen LogP contribution in [-0.4, -0.2) is 42.5 Å². The van der Waals surface area contributed by atoms with Crippen LogP contribution >= 0.6 is 0 Å². The van der Waals surface area contributed by atoms with Gasteiger partial charge in [0, 0.05) is 32.3 Å². The topological polar surface area (TPSA) is 72.7 Å². The van der Waals surface area contributed by atoms with E-state index in [4.69, 9.17) is 9.47 Å². The number of hydrogen-bond donors (Lipinski definition) is 2. The Kier molecular flexibility index (Phi) is 5.41. The van der Waals surface area contributed by atoms with Crippen molar-refractivity contribution < 1.29 is 9.47 Å². The number of nitrogens with one attached hydrogen (secondary N) is 2. The molecule has 28 heavy (non-hydrogen) atoms. The lowest BCUT2D eigenvalue weighted by Crippen LogP contribution is -2.44. The minimum Gasteiger partial charge on any atom is -0.486 e. The molecule has 1 saturated carbocycles. The van der Waals surface area contributed by atoms with E-state index < -0.39 is 0 Å². The van der Waals surface area contributed by atoms with Crippen LogP contribution in [-0.2, 0) is 19.0 Å². The number of aryl methyl sites for hydroxylation is 1. The lowest BCUT2D eigenvalue weighted by atomic mass is 9.78. The van der Waals surface area contributed by atoms with Gasteiger partial charge in [-0.25, -0.2) is 0 Å². The number of nitrogens with zero attached hydrogens (tertiary/aromatic N) is 3. The summed E-state index contributed by atoms with van der Waals surface area (Å²) in [5, 5.41) is 11.1. The number of fused-ring (bicyclic) bond motifs is 1. The maximum atomic E-state index is 5.82.